The molecule has 17 heavy (non-hydrogen) atoms. The molecular weight excluding hydrogens is 214 g/mol. The second kappa shape index (κ2) is 5.54. The van der Waals surface area contributed by atoms with Gasteiger partial charge >= 0.3 is 0 Å². The summed E-state index contributed by atoms with van der Waals surface area (Å²) in [5.41, 5.74) is 3.13. The van der Waals surface area contributed by atoms with Crippen LogP contribution in [0.1, 0.15) is 30.0 Å². The van der Waals surface area contributed by atoms with Gasteiger partial charge in [0.2, 0.25) is 0 Å². The molecule has 2 rings (SSSR count). The number of hydrogen-bond acceptors (Lipinski definition) is 4. The molecule has 0 aliphatic rings. The van der Waals surface area contributed by atoms with Gasteiger partial charge in [-0.05, 0) is 13.8 Å². The smallest absolute Gasteiger partial charge is 0.0921 e. The second-order valence-electron chi connectivity index (χ2n) is 4.03. The van der Waals surface area contributed by atoms with Gasteiger partial charge in [-0.2, -0.15) is 0 Å². The van der Waals surface area contributed by atoms with E-state index in [0.29, 0.717) is 0 Å². The van der Waals surface area contributed by atoms with Crippen LogP contribution in [0.15, 0.2) is 24.9 Å². The molecule has 0 amide bonds. The maximum atomic E-state index is 4.35. The lowest BCUT2D eigenvalue weighted by molar-refractivity contribution is 0.556. The van der Waals surface area contributed by atoms with Crippen molar-refractivity contribution < 1.29 is 0 Å². The molecule has 0 bridgehead atoms. The fraction of sp³-hybridized carbons (Fsp3) is 0.417. The summed E-state index contributed by atoms with van der Waals surface area (Å²) in [6, 6.07) is 0.214. The SMILES string of the molecule is Cc1nccnc1C(C)NCCc1cnc[nH]1. The van der Waals surface area contributed by atoms with Crippen LogP contribution in [0.25, 0.3) is 0 Å². The van der Waals surface area contributed by atoms with Crippen molar-refractivity contribution in [3.05, 3.63) is 42.0 Å². The highest BCUT2D eigenvalue weighted by Crippen LogP contribution is 2.11. The lowest BCUT2D eigenvalue weighted by atomic mass is 10.2. The molecule has 1 atom stereocenters. The zero-order valence-corrected chi connectivity index (χ0v) is 10.1. The minimum atomic E-state index is 0.214. The number of aromatic amines is 1. The maximum Gasteiger partial charge on any atom is 0.0921 e. The first kappa shape index (κ1) is 11.7. The topological polar surface area (TPSA) is 66.5 Å². The van der Waals surface area contributed by atoms with Crippen LogP contribution in [-0.2, 0) is 6.42 Å². The van der Waals surface area contributed by atoms with E-state index in [-0.39, 0.29) is 6.04 Å². The molecule has 0 aliphatic carbocycles. The van der Waals surface area contributed by atoms with E-state index in [1.54, 1.807) is 18.7 Å². The summed E-state index contributed by atoms with van der Waals surface area (Å²) in [4.78, 5) is 15.7. The highest BCUT2D eigenvalue weighted by molar-refractivity contribution is 5.12. The van der Waals surface area contributed by atoms with Crippen LogP contribution in [0.5, 0.6) is 0 Å². The first-order valence-corrected chi connectivity index (χ1v) is 5.75. The summed E-state index contributed by atoms with van der Waals surface area (Å²) in [6.45, 7) is 4.97. The Kier molecular flexibility index (Phi) is 3.82. The molecule has 2 heterocycles. The lowest BCUT2D eigenvalue weighted by Crippen LogP contribution is -2.23. The van der Waals surface area contributed by atoms with Gasteiger partial charge in [0.25, 0.3) is 0 Å². The average molecular weight is 231 g/mol. The largest absolute Gasteiger partial charge is 0.348 e. The van der Waals surface area contributed by atoms with Gasteiger partial charge in [0.1, 0.15) is 0 Å². The van der Waals surface area contributed by atoms with E-state index < -0.39 is 0 Å². The molecule has 0 aromatic carbocycles. The summed E-state index contributed by atoms with van der Waals surface area (Å²) >= 11 is 0. The minimum Gasteiger partial charge on any atom is -0.348 e. The van der Waals surface area contributed by atoms with Crippen LogP contribution in [0, 0.1) is 6.92 Å². The summed E-state index contributed by atoms with van der Waals surface area (Å²) in [6.07, 6.45) is 7.93. The quantitative estimate of drug-likeness (QED) is 0.816. The predicted octanol–water partition coefficient (Wildman–Crippen LogP) is 1.40. The fourth-order valence-corrected chi connectivity index (χ4v) is 1.78. The number of nitrogens with zero attached hydrogens (tertiary/aromatic N) is 3. The maximum absolute atomic E-state index is 4.35. The molecule has 2 aromatic heterocycles. The molecule has 0 fully saturated rings. The Labute approximate surface area is 101 Å². The van der Waals surface area contributed by atoms with Crippen molar-refractivity contribution in [1.82, 2.24) is 25.3 Å². The van der Waals surface area contributed by atoms with Gasteiger partial charge < -0.3 is 10.3 Å². The third-order valence-corrected chi connectivity index (χ3v) is 2.73. The van der Waals surface area contributed by atoms with Crippen molar-refractivity contribution in [1.29, 1.82) is 0 Å². The minimum absolute atomic E-state index is 0.214. The van der Waals surface area contributed by atoms with Crippen LogP contribution in [0.3, 0.4) is 0 Å². The van der Waals surface area contributed by atoms with Crippen molar-refractivity contribution in [2.75, 3.05) is 6.54 Å². The van der Waals surface area contributed by atoms with Gasteiger partial charge in [-0.25, -0.2) is 4.98 Å². The summed E-state index contributed by atoms with van der Waals surface area (Å²) in [7, 11) is 0. The Morgan fingerprint density at radius 2 is 2.18 bits per heavy atom. The number of nitrogens with one attached hydrogen (secondary N) is 2. The Morgan fingerprint density at radius 1 is 1.35 bits per heavy atom. The Morgan fingerprint density at radius 3 is 2.88 bits per heavy atom. The summed E-state index contributed by atoms with van der Waals surface area (Å²) in [5, 5.41) is 3.43. The second-order valence-corrected chi connectivity index (χ2v) is 4.03. The van der Waals surface area contributed by atoms with Gasteiger partial charge in [-0.1, -0.05) is 0 Å². The van der Waals surface area contributed by atoms with Crippen LogP contribution < -0.4 is 5.32 Å². The zero-order chi connectivity index (χ0) is 12.1. The number of aromatic nitrogens is 4. The van der Waals surface area contributed by atoms with E-state index in [4.69, 9.17) is 0 Å². The molecule has 90 valence electrons. The van der Waals surface area contributed by atoms with Gasteiger partial charge in [0.15, 0.2) is 0 Å². The monoisotopic (exact) mass is 231 g/mol. The number of aryl methyl sites for hydroxylation is 1. The predicted molar refractivity (Wildman–Crippen MR) is 65.5 cm³/mol. The highest BCUT2D eigenvalue weighted by Gasteiger charge is 2.09. The van der Waals surface area contributed by atoms with E-state index >= 15 is 0 Å². The van der Waals surface area contributed by atoms with E-state index in [9.17, 15) is 0 Å². The van der Waals surface area contributed by atoms with Crippen LogP contribution in [0.2, 0.25) is 0 Å². The molecule has 0 aliphatic heterocycles. The van der Waals surface area contributed by atoms with Crippen molar-refractivity contribution >= 4 is 0 Å². The number of imidazole rings is 1. The number of H-pyrrole nitrogens is 1. The highest BCUT2D eigenvalue weighted by atomic mass is 15.0. The van der Waals surface area contributed by atoms with Gasteiger partial charge in [-0.3, -0.25) is 9.97 Å². The summed E-state index contributed by atoms with van der Waals surface area (Å²) < 4.78 is 0. The Bertz CT molecular complexity index is 452. The fourth-order valence-electron chi connectivity index (χ4n) is 1.78. The Hall–Kier alpha value is -1.75. The van der Waals surface area contributed by atoms with Crippen molar-refractivity contribution in [3.8, 4) is 0 Å². The molecule has 5 nitrogen and oxygen atoms in total. The molecule has 1 unspecified atom stereocenters. The number of rotatable bonds is 5. The van der Waals surface area contributed by atoms with E-state index in [0.717, 1.165) is 30.0 Å². The van der Waals surface area contributed by atoms with Crippen LogP contribution >= 0.6 is 0 Å². The van der Waals surface area contributed by atoms with Crippen LogP contribution in [-0.4, -0.2) is 26.5 Å². The molecule has 0 saturated carbocycles. The molecular formula is C12H17N5. The third-order valence-electron chi connectivity index (χ3n) is 2.73. The average Bonchev–Trinajstić information content (AvgIpc) is 2.82. The Balaban J connectivity index is 1.85. The van der Waals surface area contributed by atoms with E-state index in [2.05, 4.69) is 32.2 Å². The first-order valence-electron chi connectivity index (χ1n) is 5.75. The van der Waals surface area contributed by atoms with Gasteiger partial charge in [-0.15, -0.1) is 0 Å². The van der Waals surface area contributed by atoms with Crippen molar-refractivity contribution in [2.45, 2.75) is 26.3 Å². The van der Waals surface area contributed by atoms with Gasteiger partial charge in [0, 0.05) is 43.3 Å². The molecule has 2 aromatic rings. The van der Waals surface area contributed by atoms with Crippen LogP contribution in [0.4, 0.5) is 0 Å². The number of hydrogen-bond donors (Lipinski definition) is 2. The zero-order valence-electron chi connectivity index (χ0n) is 10.1. The third kappa shape index (κ3) is 3.10. The molecule has 0 radical (unpaired) electrons. The van der Waals surface area contributed by atoms with E-state index in [1.165, 1.54) is 0 Å². The normalized spacial score (nSPS) is 12.6. The summed E-state index contributed by atoms with van der Waals surface area (Å²) in [5.74, 6) is 0. The molecule has 5 heteroatoms. The van der Waals surface area contributed by atoms with E-state index in [1.807, 2.05) is 13.1 Å². The van der Waals surface area contributed by atoms with Gasteiger partial charge in [0.05, 0.1) is 17.7 Å². The molecule has 0 spiro atoms. The first-order chi connectivity index (χ1) is 8.27. The van der Waals surface area contributed by atoms with Crippen molar-refractivity contribution in [3.63, 3.8) is 0 Å². The molecule has 0 saturated heterocycles. The standard InChI is InChI=1S/C12H17N5/c1-9(12-10(2)15-5-6-16-12)14-4-3-11-7-13-8-17-11/h5-9,14H,3-4H2,1-2H3,(H,13,17). The van der Waals surface area contributed by atoms with Crippen molar-refractivity contribution in [2.24, 2.45) is 0 Å². The lowest BCUT2D eigenvalue weighted by Gasteiger charge is -2.14. The molecule has 2 N–H and O–H groups in total.